The number of hydrogen-bond acceptors (Lipinski definition) is 2. The molecule has 0 atom stereocenters. The van der Waals surface area contributed by atoms with E-state index in [2.05, 4.69) is 16.5 Å². The predicted molar refractivity (Wildman–Crippen MR) is 82.7 cm³/mol. The maximum absolute atomic E-state index is 13.1. The first kappa shape index (κ1) is 13.8. The van der Waals surface area contributed by atoms with E-state index in [9.17, 15) is 4.39 Å². The third-order valence-corrected chi connectivity index (χ3v) is 3.62. The van der Waals surface area contributed by atoms with Crippen molar-refractivity contribution in [3.8, 4) is 11.3 Å². The minimum Gasteiger partial charge on any atom is -0.330 e. The van der Waals surface area contributed by atoms with Crippen LogP contribution < -0.4 is 5.73 Å². The maximum Gasteiger partial charge on any atom is 0.137 e. The Balaban J connectivity index is 2.17. The summed E-state index contributed by atoms with van der Waals surface area (Å²) < 4.78 is 15.2. The van der Waals surface area contributed by atoms with Crippen LogP contribution in [0, 0.1) is 12.7 Å². The summed E-state index contributed by atoms with van der Waals surface area (Å²) in [4.78, 5) is 4.73. The molecule has 0 aliphatic carbocycles. The lowest BCUT2D eigenvalue weighted by Gasteiger charge is -2.05. The minimum absolute atomic E-state index is 0.234. The third kappa shape index (κ3) is 2.67. The van der Waals surface area contributed by atoms with Crippen molar-refractivity contribution in [3.05, 3.63) is 59.7 Å². The number of nitrogens with zero attached hydrogens (tertiary/aromatic N) is 2. The van der Waals surface area contributed by atoms with Gasteiger partial charge in [-0.1, -0.05) is 0 Å². The van der Waals surface area contributed by atoms with Crippen LogP contribution in [0.15, 0.2) is 42.6 Å². The van der Waals surface area contributed by atoms with Crippen molar-refractivity contribution in [2.24, 2.45) is 5.73 Å². The van der Waals surface area contributed by atoms with E-state index in [0.717, 1.165) is 35.4 Å². The van der Waals surface area contributed by atoms with Gasteiger partial charge in [0, 0.05) is 11.8 Å². The van der Waals surface area contributed by atoms with Crippen molar-refractivity contribution in [2.45, 2.75) is 19.8 Å². The number of nitrogens with two attached hydrogens (primary N) is 1. The molecule has 3 rings (SSSR count). The van der Waals surface area contributed by atoms with Crippen molar-refractivity contribution in [1.82, 2.24) is 9.38 Å². The lowest BCUT2D eigenvalue weighted by atomic mass is 10.1. The molecule has 0 saturated heterocycles. The van der Waals surface area contributed by atoms with Gasteiger partial charge in [0.05, 0.1) is 11.4 Å². The molecule has 0 spiro atoms. The van der Waals surface area contributed by atoms with Crippen LogP contribution in [0.5, 0.6) is 0 Å². The summed E-state index contributed by atoms with van der Waals surface area (Å²) in [7, 11) is 0. The predicted octanol–water partition coefficient (Wildman–Crippen LogP) is 3.34. The van der Waals surface area contributed by atoms with Crippen molar-refractivity contribution in [3.63, 3.8) is 0 Å². The van der Waals surface area contributed by atoms with Gasteiger partial charge >= 0.3 is 0 Å². The number of aryl methyl sites for hydroxylation is 2. The van der Waals surface area contributed by atoms with Gasteiger partial charge in [0.1, 0.15) is 11.5 Å². The molecule has 0 amide bonds. The first-order valence-corrected chi connectivity index (χ1v) is 7.12. The molecule has 108 valence electrons. The smallest absolute Gasteiger partial charge is 0.137 e. The average molecular weight is 283 g/mol. The lowest BCUT2D eigenvalue weighted by molar-refractivity contribution is 0.628. The quantitative estimate of drug-likeness (QED) is 0.798. The van der Waals surface area contributed by atoms with Gasteiger partial charge in [-0.2, -0.15) is 0 Å². The highest BCUT2D eigenvalue weighted by atomic mass is 19.1. The molecule has 0 aliphatic heterocycles. The summed E-state index contributed by atoms with van der Waals surface area (Å²) in [5.41, 5.74) is 10.7. The molecule has 3 nitrogen and oxygen atoms in total. The fourth-order valence-corrected chi connectivity index (χ4v) is 2.54. The number of pyridine rings is 1. The van der Waals surface area contributed by atoms with E-state index in [0.29, 0.717) is 6.54 Å². The van der Waals surface area contributed by atoms with Crippen LogP contribution in [0.2, 0.25) is 0 Å². The van der Waals surface area contributed by atoms with E-state index in [-0.39, 0.29) is 5.82 Å². The Kier molecular flexibility index (Phi) is 3.71. The molecular formula is C17H18FN3. The van der Waals surface area contributed by atoms with Crippen molar-refractivity contribution in [1.29, 1.82) is 0 Å². The fraction of sp³-hybridized carbons (Fsp3) is 0.235. The molecule has 0 bridgehead atoms. The maximum atomic E-state index is 13.1. The normalized spacial score (nSPS) is 11.2. The third-order valence-electron chi connectivity index (χ3n) is 3.62. The number of benzene rings is 1. The summed E-state index contributed by atoms with van der Waals surface area (Å²) in [5, 5.41) is 0. The second-order valence-electron chi connectivity index (χ2n) is 5.24. The molecule has 4 heteroatoms. The minimum atomic E-state index is -0.234. The first-order valence-electron chi connectivity index (χ1n) is 7.12. The monoisotopic (exact) mass is 283 g/mol. The molecule has 2 heterocycles. The van der Waals surface area contributed by atoms with Crippen LogP contribution >= 0.6 is 0 Å². The Labute approximate surface area is 123 Å². The zero-order valence-electron chi connectivity index (χ0n) is 12.0. The Bertz CT molecular complexity index is 760. The number of halogens is 1. The van der Waals surface area contributed by atoms with E-state index in [4.69, 9.17) is 10.7 Å². The van der Waals surface area contributed by atoms with Crippen LogP contribution in [0.1, 0.15) is 17.7 Å². The van der Waals surface area contributed by atoms with Gasteiger partial charge in [-0.25, -0.2) is 9.37 Å². The summed E-state index contributed by atoms with van der Waals surface area (Å²) in [6.45, 7) is 2.69. The topological polar surface area (TPSA) is 43.3 Å². The van der Waals surface area contributed by atoms with Gasteiger partial charge in [0.2, 0.25) is 0 Å². The van der Waals surface area contributed by atoms with Crippen LogP contribution in [0.3, 0.4) is 0 Å². The molecule has 2 aromatic heterocycles. The Morgan fingerprint density at radius 2 is 1.95 bits per heavy atom. The Hall–Kier alpha value is -2.20. The van der Waals surface area contributed by atoms with Crippen molar-refractivity contribution >= 4 is 5.65 Å². The van der Waals surface area contributed by atoms with Gasteiger partial charge in [-0.05, 0) is 68.3 Å². The van der Waals surface area contributed by atoms with Gasteiger partial charge in [0.15, 0.2) is 0 Å². The molecule has 0 radical (unpaired) electrons. The molecule has 21 heavy (non-hydrogen) atoms. The van der Waals surface area contributed by atoms with E-state index in [1.165, 1.54) is 17.7 Å². The molecule has 0 aliphatic rings. The van der Waals surface area contributed by atoms with E-state index >= 15 is 0 Å². The number of rotatable bonds is 4. The highest BCUT2D eigenvalue weighted by Crippen LogP contribution is 2.26. The number of fused-ring (bicyclic) bond motifs is 1. The second-order valence-corrected chi connectivity index (χ2v) is 5.24. The van der Waals surface area contributed by atoms with E-state index in [1.807, 2.05) is 13.1 Å². The molecular weight excluding hydrogens is 265 g/mol. The van der Waals surface area contributed by atoms with Gasteiger partial charge in [-0.15, -0.1) is 0 Å². The molecule has 3 aromatic rings. The fourth-order valence-electron chi connectivity index (χ4n) is 2.54. The summed E-state index contributed by atoms with van der Waals surface area (Å²) in [6, 6.07) is 10.6. The molecule has 2 N–H and O–H groups in total. The van der Waals surface area contributed by atoms with E-state index < -0.39 is 0 Å². The average Bonchev–Trinajstić information content (AvgIpc) is 2.83. The molecule has 0 saturated carbocycles. The number of hydrogen-bond donors (Lipinski definition) is 1. The molecule has 0 unspecified atom stereocenters. The highest BCUT2D eigenvalue weighted by Gasteiger charge is 2.13. The zero-order chi connectivity index (χ0) is 14.8. The number of imidazole rings is 1. The Morgan fingerprint density at radius 3 is 2.67 bits per heavy atom. The summed E-state index contributed by atoms with van der Waals surface area (Å²) in [5.74, 6) is -0.234. The lowest BCUT2D eigenvalue weighted by Crippen LogP contribution is -2.03. The second kappa shape index (κ2) is 5.66. The first-order chi connectivity index (χ1) is 10.2. The van der Waals surface area contributed by atoms with Crippen molar-refractivity contribution < 1.29 is 4.39 Å². The molecule has 1 aromatic carbocycles. The van der Waals surface area contributed by atoms with Crippen LogP contribution in [-0.2, 0) is 6.42 Å². The SMILES string of the molecule is Cc1ccn2c(CCCN)c(-c3ccc(F)cc3)nc2c1. The summed E-state index contributed by atoms with van der Waals surface area (Å²) >= 11 is 0. The van der Waals surface area contributed by atoms with Crippen LogP contribution in [-0.4, -0.2) is 15.9 Å². The van der Waals surface area contributed by atoms with Crippen LogP contribution in [0.4, 0.5) is 4.39 Å². The zero-order valence-corrected chi connectivity index (χ0v) is 12.0. The largest absolute Gasteiger partial charge is 0.330 e. The Morgan fingerprint density at radius 1 is 1.19 bits per heavy atom. The van der Waals surface area contributed by atoms with Gasteiger partial charge in [0.25, 0.3) is 0 Å². The van der Waals surface area contributed by atoms with E-state index in [1.54, 1.807) is 12.1 Å². The molecule has 0 fully saturated rings. The summed E-state index contributed by atoms with van der Waals surface area (Å²) in [6.07, 6.45) is 3.79. The number of aromatic nitrogens is 2. The highest BCUT2D eigenvalue weighted by molar-refractivity contribution is 5.66. The van der Waals surface area contributed by atoms with Gasteiger partial charge in [-0.3, -0.25) is 0 Å². The standard InChI is InChI=1S/C17H18FN3/c1-12-8-10-21-15(3-2-9-19)17(20-16(21)11-12)13-4-6-14(18)7-5-13/h4-8,10-11H,2-3,9,19H2,1H3. The van der Waals surface area contributed by atoms with Crippen LogP contribution in [0.25, 0.3) is 16.9 Å². The van der Waals surface area contributed by atoms with Crippen molar-refractivity contribution in [2.75, 3.05) is 6.54 Å². The van der Waals surface area contributed by atoms with Gasteiger partial charge < -0.3 is 10.1 Å².